The van der Waals surface area contributed by atoms with Crippen LogP contribution in [0.3, 0.4) is 0 Å². The number of aromatic nitrogens is 1. The summed E-state index contributed by atoms with van der Waals surface area (Å²) in [5.74, 6) is 1.94. The number of hydrogen-bond acceptors (Lipinski definition) is 6. The summed E-state index contributed by atoms with van der Waals surface area (Å²) in [6.07, 6.45) is 0. The molecular formula is C20H18N2O5. The maximum Gasteiger partial charge on any atom is 0.406 e. The molecule has 0 bridgehead atoms. The zero-order chi connectivity index (χ0) is 19.1. The molecule has 0 saturated heterocycles. The van der Waals surface area contributed by atoms with Gasteiger partial charge in [-0.1, -0.05) is 18.2 Å². The van der Waals surface area contributed by atoms with Crippen LogP contribution in [0.15, 0.2) is 66.7 Å². The molecule has 0 saturated carbocycles. The molecule has 0 spiro atoms. The van der Waals surface area contributed by atoms with Crippen molar-refractivity contribution >= 4 is 5.82 Å². The van der Waals surface area contributed by atoms with E-state index in [0.29, 0.717) is 17.2 Å². The number of aryl methyl sites for hydroxylation is 1. The smallest absolute Gasteiger partial charge is 0.406 e. The number of nitro groups is 1. The minimum Gasteiger partial charge on any atom is -0.490 e. The first-order valence-electron chi connectivity index (χ1n) is 8.32. The van der Waals surface area contributed by atoms with Crippen LogP contribution in [0.5, 0.6) is 23.0 Å². The highest BCUT2D eigenvalue weighted by atomic mass is 16.6. The van der Waals surface area contributed by atoms with Gasteiger partial charge in [0.15, 0.2) is 0 Å². The number of pyridine rings is 1. The lowest BCUT2D eigenvalue weighted by Crippen LogP contribution is -2.10. The normalized spacial score (nSPS) is 10.3. The van der Waals surface area contributed by atoms with Crippen molar-refractivity contribution in [1.82, 2.24) is 4.98 Å². The zero-order valence-electron chi connectivity index (χ0n) is 14.7. The fraction of sp³-hybridized carbons (Fsp3) is 0.150. The van der Waals surface area contributed by atoms with Gasteiger partial charge in [-0.2, -0.15) is 0 Å². The summed E-state index contributed by atoms with van der Waals surface area (Å²) in [6, 6.07) is 19.9. The Kier molecular flexibility index (Phi) is 5.84. The predicted octanol–water partition coefficient (Wildman–Crippen LogP) is 4.55. The van der Waals surface area contributed by atoms with Crippen molar-refractivity contribution < 1.29 is 19.1 Å². The Morgan fingerprint density at radius 3 is 2.19 bits per heavy atom. The molecule has 0 atom stereocenters. The van der Waals surface area contributed by atoms with Crippen molar-refractivity contribution in [3.05, 3.63) is 82.5 Å². The highest BCUT2D eigenvalue weighted by Crippen LogP contribution is 2.25. The van der Waals surface area contributed by atoms with Gasteiger partial charge in [-0.15, -0.1) is 0 Å². The minimum atomic E-state index is -0.561. The second-order valence-corrected chi connectivity index (χ2v) is 5.61. The van der Waals surface area contributed by atoms with Crippen LogP contribution in [-0.4, -0.2) is 23.1 Å². The predicted molar refractivity (Wildman–Crippen MR) is 99.6 cm³/mol. The first-order valence-corrected chi connectivity index (χ1v) is 8.32. The van der Waals surface area contributed by atoms with E-state index in [4.69, 9.17) is 14.2 Å². The Bertz CT molecular complexity index is 898. The molecular weight excluding hydrogens is 348 g/mol. The third kappa shape index (κ3) is 5.18. The summed E-state index contributed by atoms with van der Waals surface area (Å²) in [7, 11) is 0. The molecule has 0 aliphatic rings. The molecule has 3 aromatic rings. The molecule has 1 aromatic heterocycles. The van der Waals surface area contributed by atoms with E-state index in [1.165, 1.54) is 6.07 Å². The van der Waals surface area contributed by atoms with Gasteiger partial charge in [0.25, 0.3) is 0 Å². The van der Waals surface area contributed by atoms with Crippen molar-refractivity contribution in [3.63, 3.8) is 0 Å². The van der Waals surface area contributed by atoms with Gasteiger partial charge in [-0.3, -0.25) is 0 Å². The number of ether oxygens (including phenoxy) is 3. The van der Waals surface area contributed by atoms with Crippen molar-refractivity contribution in [2.24, 2.45) is 0 Å². The highest BCUT2D eigenvalue weighted by molar-refractivity contribution is 5.40. The van der Waals surface area contributed by atoms with Gasteiger partial charge in [0.1, 0.15) is 36.2 Å². The van der Waals surface area contributed by atoms with E-state index in [1.807, 2.05) is 30.3 Å². The Morgan fingerprint density at radius 1 is 0.852 bits per heavy atom. The summed E-state index contributed by atoms with van der Waals surface area (Å²) in [5.41, 5.74) is 0.558. The SMILES string of the molecule is Cc1ccc(OCCOc2ccc(Oc3ccccc3)cc2)c([N+](=O)[O-])n1. The Labute approximate surface area is 156 Å². The van der Waals surface area contributed by atoms with Gasteiger partial charge in [0.05, 0.1) is 0 Å². The first-order chi connectivity index (χ1) is 13.1. The third-order valence-electron chi connectivity index (χ3n) is 3.56. The molecule has 27 heavy (non-hydrogen) atoms. The second kappa shape index (κ2) is 8.66. The zero-order valence-corrected chi connectivity index (χ0v) is 14.7. The van der Waals surface area contributed by atoms with Crippen molar-refractivity contribution in [2.45, 2.75) is 6.92 Å². The third-order valence-corrected chi connectivity index (χ3v) is 3.56. The summed E-state index contributed by atoms with van der Waals surface area (Å²) < 4.78 is 16.7. The fourth-order valence-corrected chi connectivity index (χ4v) is 2.31. The monoisotopic (exact) mass is 366 g/mol. The lowest BCUT2D eigenvalue weighted by molar-refractivity contribution is -0.390. The van der Waals surface area contributed by atoms with E-state index in [-0.39, 0.29) is 24.8 Å². The van der Waals surface area contributed by atoms with Gasteiger partial charge in [0, 0.05) is 6.92 Å². The number of nitrogens with zero attached hydrogens (tertiary/aromatic N) is 2. The van der Waals surface area contributed by atoms with Crippen molar-refractivity contribution in [3.8, 4) is 23.0 Å². The Morgan fingerprint density at radius 2 is 1.48 bits per heavy atom. The molecule has 0 radical (unpaired) electrons. The topological polar surface area (TPSA) is 83.7 Å². The van der Waals surface area contributed by atoms with E-state index in [1.54, 1.807) is 37.3 Å². The van der Waals surface area contributed by atoms with E-state index >= 15 is 0 Å². The molecule has 1 heterocycles. The molecule has 7 nitrogen and oxygen atoms in total. The first kappa shape index (κ1) is 18.2. The van der Waals surface area contributed by atoms with Crippen LogP contribution >= 0.6 is 0 Å². The lowest BCUT2D eigenvalue weighted by atomic mass is 10.3. The molecule has 0 amide bonds. The highest BCUT2D eigenvalue weighted by Gasteiger charge is 2.17. The van der Waals surface area contributed by atoms with Gasteiger partial charge in [-0.05, 0) is 58.4 Å². The van der Waals surface area contributed by atoms with Gasteiger partial charge < -0.3 is 24.3 Å². The molecule has 7 heteroatoms. The second-order valence-electron chi connectivity index (χ2n) is 5.61. The molecule has 3 rings (SSSR count). The molecule has 0 aliphatic carbocycles. The number of hydrogen-bond donors (Lipinski definition) is 0. The Hall–Kier alpha value is -3.61. The van der Waals surface area contributed by atoms with Crippen LogP contribution in [0, 0.1) is 17.0 Å². The molecule has 0 N–H and O–H groups in total. The van der Waals surface area contributed by atoms with Crippen molar-refractivity contribution in [2.75, 3.05) is 13.2 Å². The summed E-state index contributed by atoms with van der Waals surface area (Å²) in [4.78, 5) is 14.3. The maximum atomic E-state index is 11.0. The molecule has 2 aromatic carbocycles. The fourth-order valence-electron chi connectivity index (χ4n) is 2.31. The van der Waals surface area contributed by atoms with Crippen LogP contribution in [0.4, 0.5) is 5.82 Å². The minimum absolute atomic E-state index is 0.126. The largest absolute Gasteiger partial charge is 0.490 e. The Balaban J connectivity index is 1.49. The van der Waals surface area contributed by atoms with E-state index in [0.717, 1.165) is 5.75 Å². The van der Waals surface area contributed by atoms with Crippen LogP contribution < -0.4 is 14.2 Å². The van der Waals surface area contributed by atoms with E-state index < -0.39 is 4.92 Å². The van der Waals surface area contributed by atoms with Gasteiger partial charge in [0.2, 0.25) is 5.75 Å². The van der Waals surface area contributed by atoms with Crippen LogP contribution in [-0.2, 0) is 0 Å². The number of rotatable bonds is 8. The molecule has 0 unspecified atom stereocenters. The quantitative estimate of drug-likeness (QED) is 0.330. The van der Waals surface area contributed by atoms with Crippen LogP contribution in [0.2, 0.25) is 0 Å². The van der Waals surface area contributed by atoms with Crippen LogP contribution in [0.25, 0.3) is 0 Å². The summed E-state index contributed by atoms with van der Waals surface area (Å²) in [6.45, 7) is 2.09. The van der Waals surface area contributed by atoms with Gasteiger partial charge >= 0.3 is 5.82 Å². The average Bonchev–Trinajstić information content (AvgIpc) is 2.68. The lowest BCUT2D eigenvalue weighted by Gasteiger charge is -2.09. The standard InChI is InChI=1S/C20H18N2O5/c1-15-7-12-19(20(21-15)22(23)24)26-14-13-25-16-8-10-18(11-9-16)27-17-5-3-2-4-6-17/h2-12H,13-14H2,1H3. The number of para-hydroxylation sites is 1. The molecule has 0 aliphatic heterocycles. The van der Waals surface area contributed by atoms with Crippen LogP contribution in [0.1, 0.15) is 5.69 Å². The maximum absolute atomic E-state index is 11.0. The molecule has 138 valence electrons. The van der Waals surface area contributed by atoms with E-state index in [9.17, 15) is 10.1 Å². The van der Waals surface area contributed by atoms with E-state index in [2.05, 4.69) is 4.98 Å². The van der Waals surface area contributed by atoms with Gasteiger partial charge in [-0.25, -0.2) is 0 Å². The summed E-state index contributed by atoms with van der Waals surface area (Å²) in [5, 5.41) is 11.0. The molecule has 0 fully saturated rings. The number of benzene rings is 2. The van der Waals surface area contributed by atoms with Crippen molar-refractivity contribution in [1.29, 1.82) is 0 Å². The average molecular weight is 366 g/mol. The summed E-state index contributed by atoms with van der Waals surface area (Å²) >= 11 is 0.